The summed E-state index contributed by atoms with van der Waals surface area (Å²) in [5.41, 5.74) is 0.782. The second-order valence-corrected chi connectivity index (χ2v) is 6.66. The van der Waals surface area contributed by atoms with Crippen LogP contribution in [0.1, 0.15) is 32.8 Å². The zero-order valence-electron chi connectivity index (χ0n) is 14.4. The minimum Gasteiger partial charge on any atom is -0.389 e. The molecular weight excluding hydrogens is 295 g/mol. The van der Waals surface area contributed by atoms with E-state index in [9.17, 15) is 9.50 Å². The monoisotopic (exact) mass is 324 g/mol. The largest absolute Gasteiger partial charge is 0.389 e. The smallest absolute Gasteiger partial charge is 0.146 e. The maximum Gasteiger partial charge on any atom is 0.146 e. The van der Waals surface area contributed by atoms with Crippen LogP contribution in [0.4, 0.5) is 10.1 Å². The number of halogens is 1. The Bertz CT molecular complexity index is 502. The molecule has 2 unspecified atom stereocenters. The van der Waals surface area contributed by atoms with E-state index in [4.69, 9.17) is 4.74 Å². The zero-order chi connectivity index (χ0) is 16.9. The topological polar surface area (TPSA) is 44.7 Å². The van der Waals surface area contributed by atoms with Gasteiger partial charge in [0, 0.05) is 26.2 Å². The first-order valence-corrected chi connectivity index (χ1v) is 8.48. The van der Waals surface area contributed by atoms with Gasteiger partial charge in [0.25, 0.3) is 0 Å². The maximum absolute atomic E-state index is 14.3. The molecule has 0 aliphatic carbocycles. The fourth-order valence-corrected chi connectivity index (χ4v) is 2.79. The van der Waals surface area contributed by atoms with Crippen LogP contribution in [0.3, 0.4) is 0 Å². The summed E-state index contributed by atoms with van der Waals surface area (Å²) in [6.45, 7) is 9.74. The van der Waals surface area contributed by atoms with Crippen molar-refractivity contribution < 1.29 is 14.2 Å². The SMILES string of the molecule is CCC(C)C(C)(O)CNCc1ccc(N2CCOCC2)c(F)c1. The lowest BCUT2D eigenvalue weighted by Gasteiger charge is -2.30. The van der Waals surface area contributed by atoms with Gasteiger partial charge in [0.2, 0.25) is 0 Å². The number of ether oxygens (including phenoxy) is 1. The van der Waals surface area contributed by atoms with E-state index in [1.807, 2.05) is 30.9 Å². The van der Waals surface area contributed by atoms with Crippen LogP contribution in [0, 0.1) is 11.7 Å². The van der Waals surface area contributed by atoms with Gasteiger partial charge in [0.15, 0.2) is 0 Å². The standard InChI is InChI=1S/C18H29FN2O2/c1-4-14(2)18(3,22)13-20-12-15-5-6-17(16(19)11-15)21-7-9-23-10-8-21/h5-6,11,14,20,22H,4,7-10,12-13H2,1-3H3. The number of hydrogen-bond donors (Lipinski definition) is 2. The number of morpholine rings is 1. The van der Waals surface area contributed by atoms with Crippen molar-refractivity contribution in [2.45, 2.75) is 39.3 Å². The van der Waals surface area contributed by atoms with Crippen molar-refractivity contribution in [1.29, 1.82) is 0 Å². The van der Waals surface area contributed by atoms with E-state index in [1.54, 1.807) is 6.07 Å². The zero-order valence-corrected chi connectivity index (χ0v) is 14.4. The molecule has 0 radical (unpaired) electrons. The van der Waals surface area contributed by atoms with Gasteiger partial charge in [-0.3, -0.25) is 0 Å². The molecule has 2 N–H and O–H groups in total. The van der Waals surface area contributed by atoms with Crippen molar-refractivity contribution in [3.05, 3.63) is 29.6 Å². The van der Waals surface area contributed by atoms with Crippen LogP contribution in [0.5, 0.6) is 0 Å². The quantitative estimate of drug-likeness (QED) is 0.809. The van der Waals surface area contributed by atoms with Crippen LogP contribution in [-0.2, 0) is 11.3 Å². The van der Waals surface area contributed by atoms with E-state index in [0.717, 1.165) is 25.1 Å². The average Bonchev–Trinajstić information content (AvgIpc) is 2.54. The van der Waals surface area contributed by atoms with Gasteiger partial charge in [-0.1, -0.05) is 26.3 Å². The molecule has 2 atom stereocenters. The number of nitrogens with zero attached hydrogens (tertiary/aromatic N) is 1. The third-order valence-corrected chi connectivity index (χ3v) is 4.85. The van der Waals surface area contributed by atoms with E-state index in [1.165, 1.54) is 0 Å². The highest BCUT2D eigenvalue weighted by molar-refractivity contribution is 5.49. The molecule has 5 heteroatoms. The lowest BCUT2D eigenvalue weighted by molar-refractivity contribution is 0.00534. The van der Waals surface area contributed by atoms with Gasteiger partial charge in [-0.2, -0.15) is 0 Å². The Morgan fingerprint density at radius 1 is 1.39 bits per heavy atom. The molecular formula is C18H29FN2O2. The number of rotatable bonds is 7. The summed E-state index contributed by atoms with van der Waals surface area (Å²) in [5.74, 6) is 0.0234. The molecule has 1 aromatic rings. The van der Waals surface area contributed by atoms with Gasteiger partial charge in [-0.25, -0.2) is 4.39 Å². The Labute approximate surface area is 138 Å². The van der Waals surface area contributed by atoms with Gasteiger partial charge in [-0.15, -0.1) is 0 Å². The molecule has 1 aromatic carbocycles. The second kappa shape index (κ2) is 8.08. The molecule has 1 saturated heterocycles. The van der Waals surface area contributed by atoms with E-state index >= 15 is 0 Å². The number of benzene rings is 1. The third kappa shape index (κ3) is 4.90. The van der Waals surface area contributed by atoms with Gasteiger partial charge < -0.3 is 20.1 Å². The summed E-state index contributed by atoms with van der Waals surface area (Å²) < 4.78 is 19.6. The van der Waals surface area contributed by atoms with Gasteiger partial charge in [0.05, 0.1) is 24.5 Å². The molecule has 130 valence electrons. The van der Waals surface area contributed by atoms with Crippen molar-refractivity contribution in [1.82, 2.24) is 5.32 Å². The normalized spacial score (nSPS) is 19.4. The summed E-state index contributed by atoms with van der Waals surface area (Å²) in [7, 11) is 0. The lowest BCUT2D eigenvalue weighted by atomic mass is 9.88. The first kappa shape index (κ1) is 18.2. The van der Waals surface area contributed by atoms with Crippen LogP contribution in [-0.4, -0.2) is 43.6 Å². The number of nitrogens with one attached hydrogen (secondary N) is 1. The highest BCUT2D eigenvalue weighted by atomic mass is 19.1. The summed E-state index contributed by atoms with van der Waals surface area (Å²) in [6.07, 6.45) is 0.928. The first-order valence-electron chi connectivity index (χ1n) is 8.48. The van der Waals surface area contributed by atoms with Crippen molar-refractivity contribution in [2.24, 2.45) is 5.92 Å². The van der Waals surface area contributed by atoms with Crippen LogP contribution in [0.15, 0.2) is 18.2 Å². The Kier molecular flexibility index (Phi) is 6.39. The minimum atomic E-state index is -0.749. The van der Waals surface area contributed by atoms with Crippen LogP contribution in [0.2, 0.25) is 0 Å². The molecule has 1 heterocycles. The molecule has 1 aliphatic heterocycles. The molecule has 4 nitrogen and oxygen atoms in total. The fraction of sp³-hybridized carbons (Fsp3) is 0.667. The Balaban J connectivity index is 1.90. The lowest BCUT2D eigenvalue weighted by Crippen LogP contribution is -2.42. The van der Waals surface area contributed by atoms with Crippen molar-refractivity contribution in [3.63, 3.8) is 0 Å². The number of aliphatic hydroxyl groups is 1. The summed E-state index contributed by atoms with van der Waals surface area (Å²) in [6, 6.07) is 5.36. The highest BCUT2D eigenvalue weighted by Gasteiger charge is 2.26. The van der Waals surface area contributed by atoms with Crippen molar-refractivity contribution in [2.75, 3.05) is 37.7 Å². The van der Waals surface area contributed by atoms with Crippen LogP contribution >= 0.6 is 0 Å². The first-order chi connectivity index (χ1) is 10.9. The van der Waals surface area contributed by atoms with E-state index in [-0.39, 0.29) is 11.7 Å². The minimum absolute atomic E-state index is 0.195. The van der Waals surface area contributed by atoms with Gasteiger partial charge >= 0.3 is 0 Å². The Hall–Kier alpha value is -1.17. The molecule has 0 saturated carbocycles. The summed E-state index contributed by atoms with van der Waals surface area (Å²) >= 11 is 0. The van der Waals surface area contributed by atoms with Crippen LogP contribution in [0.25, 0.3) is 0 Å². The van der Waals surface area contributed by atoms with E-state index in [2.05, 4.69) is 12.2 Å². The average molecular weight is 324 g/mol. The van der Waals surface area contributed by atoms with Crippen molar-refractivity contribution in [3.8, 4) is 0 Å². The second-order valence-electron chi connectivity index (χ2n) is 6.66. The maximum atomic E-state index is 14.3. The van der Waals surface area contributed by atoms with E-state index in [0.29, 0.717) is 32.0 Å². The molecule has 2 rings (SSSR count). The predicted molar refractivity (Wildman–Crippen MR) is 91.2 cm³/mol. The predicted octanol–water partition coefficient (Wildman–Crippen LogP) is 2.55. The number of hydrogen-bond acceptors (Lipinski definition) is 4. The van der Waals surface area contributed by atoms with Gasteiger partial charge in [-0.05, 0) is 30.5 Å². The van der Waals surface area contributed by atoms with Crippen LogP contribution < -0.4 is 10.2 Å². The fourth-order valence-electron chi connectivity index (χ4n) is 2.79. The number of anilines is 1. The summed E-state index contributed by atoms with van der Waals surface area (Å²) in [5, 5.41) is 13.6. The highest BCUT2D eigenvalue weighted by Crippen LogP contribution is 2.22. The molecule has 0 amide bonds. The Morgan fingerprint density at radius 3 is 2.70 bits per heavy atom. The molecule has 0 spiro atoms. The molecule has 23 heavy (non-hydrogen) atoms. The van der Waals surface area contributed by atoms with E-state index < -0.39 is 5.60 Å². The molecule has 1 aliphatic rings. The van der Waals surface area contributed by atoms with Gasteiger partial charge in [0.1, 0.15) is 5.82 Å². The Morgan fingerprint density at radius 2 is 2.09 bits per heavy atom. The molecule has 0 aromatic heterocycles. The summed E-state index contributed by atoms with van der Waals surface area (Å²) in [4.78, 5) is 2.02. The molecule has 0 bridgehead atoms. The molecule has 1 fully saturated rings. The third-order valence-electron chi connectivity index (χ3n) is 4.85. The van der Waals surface area contributed by atoms with Crippen molar-refractivity contribution >= 4 is 5.69 Å².